The predicted molar refractivity (Wildman–Crippen MR) is 412 cm³/mol. The summed E-state index contributed by atoms with van der Waals surface area (Å²) < 4.78 is 1.58. The fourth-order valence-corrected chi connectivity index (χ4v) is 13.4. The third kappa shape index (κ3) is 22.5. The number of benzene rings is 9. The Kier molecular flexibility index (Phi) is 29.1. The number of nitrogens with zero attached hydrogens (tertiary/aromatic N) is 6. The summed E-state index contributed by atoms with van der Waals surface area (Å²) >= 11 is 0. The molecule has 0 radical (unpaired) electrons. The summed E-state index contributed by atoms with van der Waals surface area (Å²) in [5.41, 5.74) is 12.0. The molecule has 508 valence electrons. The second-order valence-electron chi connectivity index (χ2n) is 28.7. The molecule has 2 aliphatic heterocycles. The molecule has 97 heavy (non-hydrogen) atoms. The van der Waals surface area contributed by atoms with Gasteiger partial charge in [0.15, 0.2) is 0 Å². The van der Waals surface area contributed by atoms with Gasteiger partial charge >= 0.3 is 0 Å². The highest BCUT2D eigenvalue weighted by molar-refractivity contribution is 7.20. The van der Waals surface area contributed by atoms with Gasteiger partial charge < -0.3 is 28.6 Å². The van der Waals surface area contributed by atoms with Crippen LogP contribution in [0.5, 0.6) is 0 Å². The van der Waals surface area contributed by atoms with Crippen LogP contribution in [0.15, 0.2) is 273 Å². The minimum Gasteiger partial charge on any atom is -0.341 e. The molecule has 10 nitrogen and oxygen atoms in total. The maximum absolute atomic E-state index is 12.3. The zero-order valence-corrected chi connectivity index (χ0v) is 60.0. The van der Waals surface area contributed by atoms with Crippen LogP contribution in [-0.4, -0.2) is 172 Å². The third-order valence-corrected chi connectivity index (χ3v) is 19.2. The zero-order chi connectivity index (χ0) is 69.7. The van der Waals surface area contributed by atoms with Crippen molar-refractivity contribution in [3.8, 4) is 0 Å². The number of carbonyl (C=O) groups excluding carboxylic acids is 4. The second-order valence-corrected chi connectivity index (χ2v) is 28.7. The van der Waals surface area contributed by atoms with E-state index in [4.69, 9.17) is 0 Å². The highest BCUT2D eigenvalue weighted by atomic mass is 16.2. The van der Waals surface area contributed by atoms with E-state index in [1.807, 2.05) is 28.0 Å². The SMILES string of the molecule is CC(=O)N(CC[N+](C)(C)C)CC(=O)N1CCC(C)CC1.CC(=O)N(CC[N+](C)(C)C)CC(=O)N1CCC(C)CC1.Cc1ccccc1.c1ccc([B-](c2ccccc2)(c2ccccc2)c2ccccc2)cc1.c1ccc([B-](c2ccccc2)(c2ccccc2)c2ccccc2)cc1. The number of quaternary nitrogens is 2. The molecular weight excluding hydrogens is 1190 g/mol. The summed E-state index contributed by atoms with van der Waals surface area (Å²) in [6, 6.07) is 97.3. The monoisotopic (exact) mass is 1300 g/mol. The van der Waals surface area contributed by atoms with Gasteiger partial charge in [-0.2, -0.15) is 43.7 Å². The van der Waals surface area contributed by atoms with Gasteiger partial charge in [-0.1, -0.05) is 292 Å². The lowest BCUT2D eigenvalue weighted by Gasteiger charge is -2.44. The molecular formula is C85H108B2N6O4. The van der Waals surface area contributed by atoms with Crippen molar-refractivity contribution >= 4 is 79.6 Å². The quantitative estimate of drug-likeness (QED) is 0.0634. The van der Waals surface area contributed by atoms with Gasteiger partial charge in [0.25, 0.3) is 0 Å². The van der Waals surface area contributed by atoms with Gasteiger partial charge in [0.2, 0.25) is 23.6 Å². The van der Waals surface area contributed by atoms with Crippen LogP contribution in [0.2, 0.25) is 0 Å². The minimum absolute atomic E-state index is 0.0165. The van der Waals surface area contributed by atoms with Crippen molar-refractivity contribution in [3.05, 3.63) is 279 Å². The van der Waals surface area contributed by atoms with Crippen LogP contribution in [0.3, 0.4) is 0 Å². The predicted octanol–water partition coefficient (Wildman–Crippen LogP) is 9.72. The summed E-state index contributed by atoms with van der Waals surface area (Å²) in [6.07, 6.45) is 1.87. The van der Waals surface area contributed by atoms with Crippen LogP contribution in [0, 0.1) is 18.8 Å². The molecule has 0 spiro atoms. The number of hydrogen-bond donors (Lipinski definition) is 0. The maximum atomic E-state index is 12.3. The van der Waals surface area contributed by atoms with Crippen LogP contribution >= 0.6 is 0 Å². The summed E-state index contributed by atoms with van der Waals surface area (Å²) in [4.78, 5) is 55.1. The van der Waals surface area contributed by atoms with Crippen molar-refractivity contribution in [2.45, 2.75) is 60.3 Å². The van der Waals surface area contributed by atoms with Gasteiger partial charge in [0.1, 0.15) is 12.3 Å². The Balaban J connectivity index is 0.000000177. The molecule has 0 aromatic heterocycles. The maximum Gasteiger partial charge on any atom is 0.242 e. The molecule has 9 aromatic rings. The van der Waals surface area contributed by atoms with Crippen LogP contribution in [0.1, 0.15) is 58.9 Å². The first-order valence-corrected chi connectivity index (χ1v) is 35.1. The molecule has 2 aliphatic rings. The Bertz CT molecular complexity index is 3160. The van der Waals surface area contributed by atoms with Crippen LogP contribution < -0.4 is 43.7 Å². The van der Waals surface area contributed by atoms with Crippen molar-refractivity contribution in [2.24, 2.45) is 11.8 Å². The molecule has 0 unspecified atom stereocenters. The number of piperidine rings is 2. The van der Waals surface area contributed by atoms with Gasteiger partial charge in [-0.05, 0) is 44.4 Å². The number of amides is 4. The summed E-state index contributed by atoms with van der Waals surface area (Å²) in [7, 11) is 12.5. The number of carbonyl (C=O) groups is 4. The van der Waals surface area contributed by atoms with Crippen molar-refractivity contribution in [3.63, 3.8) is 0 Å². The summed E-state index contributed by atoms with van der Waals surface area (Å²) in [5, 5.41) is 0. The van der Waals surface area contributed by atoms with Crippen molar-refractivity contribution in [1.82, 2.24) is 19.6 Å². The fourth-order valence-electron chi connectivity index (χ4n) is 13.4. The fraction of sp³-hybridized carbons (Fsp3) is 0.318. The lowest BCUT2D eigenvalue weighted by molar-refractivity contribution is -0.869. The average Bonchev–Trinajstić information content (AvgIpc) is 0.749. The molecule has 9 aromatic carbocycles. The molecule has 0 atom stereocenters. The number of likely N-dealkylation sites (N-methyl/N-ethyl adjacent to an activating group) is 2. The standard InChI is InChI=1S/2C24H20B.2C15H30N3O2.C7H8/c2*1-5-13-21(14-6-1)25(22-15-7-2-8-16-22,23-17-9-3-10-18-23)24-19-11-4-12-20-24;2*1-13-6-8-16(9-7-13)15(20)12-17(14(2)19)10-11-18(3,4)5;1-7-5-3-2-4-6-7/h2*1-20H;2*13H,6-12H2,1-5H3;2-6H,1H3/q2*-1;2*+1;. The van der Waals surface area contributed by atoms with E-state index in [1.165, 1.54) is 49.3 Å². The largest absolute Gasteiger partial charge is 0.341 e. The van der Waals surface area contributed by atoms with E-state index >= 15 is 0 Å². The van der Waals surface area contributed by atoms with Crippen molar-refractivity contribution < 1.29 is 28.1 Å². The minimum atomic E-state index is -1.22. The van der Waals surface area contributed by atoms with Gasteiger partial charge in [-0.3, -0.25) is 19.2 Å². The van der Waals surface area contributed by atoms with Gasteiger partial charge in [-0.25, -0.2) is 0 Å². The molecule has 0 N–H and O–H groups in total. The van der Waals surface area contributed by atoms with Crippen LogP contribution in [-0.2, 0) is 19.2 Å². The van der Waals surface area contributed by atoms with Crippen molar-refractivity contribution in [2.75, 3.05) is 108 Å². The molecule has 12 heteroatoms. The smallest absolute Gasteiger partial charge is 0.242 e. The second kappa shape index (κ2) is 37.4. The molecule has 2 saturated heterocycles. The number of hydrogen-bond acceptors (Lipinski definition) is 4. The Labute approximate surface area is 582 Å². The molecule has 2 heterocycles. The first-order valence-electron chi connectivity index (χ1n) is 35.1. The van der Waals surface area contributed by atoms with Crippen molar-refractivity contribution in [1.29, 1.82) is 0 Å². The number of aryl methyl sites for hydroxylation is 1. The molecule has 4 amide bonds. The highest BCUT2D eigenvalue weighted by Crippen LogP contribution is 2.18. The zero-order valence-electron chi connectivity index (χ0n) is 60.0. The van der Waals surface area contributed by atoms with Crippen LogP contribution in [0.4, 0.5) is 0 Å². The lowest BCUT2D eigenvalue weighted by Crippen LogP contribution is -2.74. The Morgan fingerprint density at radius 1 is 0.340 bits per heavy atom. The van der Waals surface area contributed by atoms with Gasteiger partial charge in [0, 0.05) is 40.0 Å². The summed E-state index contributed by atoms with van der Waals surface area (Å²) in [6.45, 7) is 16.4. The number of likely N-dealkylation sites (tertiary alicyclic amines) is 2. The normalized spacial score (nSPS) is 13.5. The molecule has 0 aliphatic carbocycles. The van der Waals surface area contributed by atoms with Gasteiger partial charge in [0.05, 0.1) is 81.6 Å². The van der Waals surface area contributed by atoms with E-state index < -0.39 is 12.3 Å². The Morgan fingerprint density at radius 2 is 0.526 bits per heavy atom. The van der Waals surface area contributed by atoms with E-state index in [9.17, 15) is 19.2 Å². The van der Waals surface area contributed by atoms with E-state index in [2.05, 4.69) is 318 Å². The molecule has 11 rings (SSSR count). The molecule has 2 fully saturated rings. The van der Waals surface area contributed by atoms with E-state index in [0.717, 1.165) is 73.9 Å². The average molecular weight is 1300 g/mol. The van der Waals surface area contributed by atoms with E-state index in [-0.39, 0.29) is 36.7 Å². The van der Waals surface area contributed by atoms with E-state index in [0.29, 0.717) is 24.9 Å². The summed E-state index contributed by atoms with van der Waals surface area (Å²) in [5.74, 6) is 1.57. The van der Waals surface area contributed by atoms with Gasteiger partial charge in [-0.15, -0.1) is 0 Å². The van der Waals surface area contributed by atoms with E-state index in [1.54, 1.807) is 23.6 Å². The molecule has 0 bridgehead atoms. The number of rotatable bonds is 18. The first-order chi connectivity index (χ1) is 46.6. The topological polar surface area (TPSA) is 81.2 Å². The lowest BCUT2D eigenvalue weighted by atomic mass is 9.13. The van der Waals surface area contributed by atoms with Crippen LogP contribution in [0.25, 0.3) is 0 Å². The Hall–Kier alpha value is -9.09. The first kappa shape index (κ1) is 75.3. The highest BCUT2D eigenvalue weighted by Gasteiger charge is 2.33. The third-order valence-electron chi connectivity index (χ3n) is 19.2. The molecule has 0 saturated carbocycles. The Morgan fingerprint density at radius 3 is 0.680 bits per heavy atom.